The summed E-state index contributed by atoms with van der Waals surface area (Å²) in [6.07, 6.45) is 8.25. The number of nitrogens with zero attached hydrogens (tertiary/aromatic N) is 6. The number of aromatic nitrogens is 4. The van der Waals surface area contributed by atoms with Crippen LogP contribution in [0.4, 0.5) is 17.5 Å². The van der Waals surface area contributed by atoms with Crippen molar-refractivity contribution in [1.29, 1.82) is 0 Å². The zero-order valence-electron chi connectivity index (χ0n) is 18.4. The lowest BCUT2D eigenvalue weighted by molar-refractivity contribution is 0.141. The molecule has 1 N–H and O–H groups in total. The van der Waals surface area contributed by atoms with E-state index < -0.39 is 0 Å². The number of anilines is 3. The van der Waals surface area contributed by atoms with Crippen LogP contribution in [-0.2, 0) is 7.05 Å². The minimum absolute atomic E-state index is 0.700. The molecular formula is C23H31N7O. The van der Waals surface area contributed by atoms with Crippen molar-refractivity contribution in [3.05, 3.63) is 30.5 Å². The van der Waals surface area contributed by atoms with Crippen LogP contribution in [0.25, 0.3) is 11.0 Å². The number of hydrogen-bond acceptors (Lipinski definition) is 7. The number of fused-ring (bicyclic) bond motifs is 1. The molecule has 4 heterocycles. The van der Waals surface area contributed by atoms with E-state index in [4.69, 9.17) is 14.7 Å². The first-order valence-corrected chi connectivity index (χ1v) is 11.3. The Labute approximate surface area is 183 Å². The standard InChI is InChI=1S/C23H31N7O/c1-28-22-20(16-24-28)21(25-17-7-6-8-19(15-17)31-2)26-23(27-22)30-13-9-18(10-14-30)29-11-4-3-5-12-29/h6-8,15-16,18H,3-5,9-14H2,1-2H3,(H,25,26,27). The molecule has 164 valence electrons. The van der Waals surface area contributed by atoms with Crippen molar-refractivity contribution < 1.29 is 4.74 Å². The number of methoxy groups -OCH3 is 1. The van der Waals surface area contributed by atoms with Crippen LogP contribution in [0.1, 0.15) is 32.1 Å². The lowest BCUT2D eigenvalue weighted by Crippen LogP contribution is -2.47. The Morgan fingerprint density at radius 3 is 2.61 bits per heavy atom. The fourth-order valence-corrected chi connectivity index (χ4v) is 4.80. The fraction of sp³-hybridized carbons (Fsp3) is 0.522. The molecule has 3 aromatic rings. The minimum Gasteiger partial charge on any atom is -0.497 e. The Morgan fingerprint density at radius 2 is 1.84 bits per heavy atom. The van der Waals surface area contributed by atoms with Gasteiger partial charge >= 0.3 is 0 Å². The molecule has 0 amide bonds. The van der Waals surface area contributed by atoms with Gasteiger partial charge in [0.2, 0.25) is 5.95 Å². The summed E-state index contributed by atoms with van der Waals surface area (Å²) in [5, 5.41) is 8.79. The summed E-state index contributed by atoms with van der Waals surface area (Å²) in [6, 6.07) is 8.58. The summed E-state index contributed by atoms with van der Waals surface area (Å²) >= 11 is 0. The highest BCUT2D eigenvalue weighted by molar-refractivity contribution is 5.89. The third-order valence-electron chi connectivity index (χ3n) is 6.57. The van der Waals surface area contributed by atoms with Crippen molar-refractivity contribution in [2.45, 2.75) is 38.1 Å². The average molecular weight is 422 g/mol. The highest BCUT2D eigenvalue weighted by Crippen LogP contribution is 2.29. The number of aryl methyl sites for hydroxylation is 1. The SMILES string of the molecule is COc1cccc(Nc2nc(N3CCC(N4CCCCC4)CC3)nc3c2cnn3C)c1. The van der Waals surface area contributed by atoms with Gasteiger partial charge in [0.25, 0.3) is 0 Å². The molecule has 8 heteroatoms. The quantitative estimate of drug-likeness (QED) is 0.675. The number of likely N-dealkylation sites (tertiary alicyclic amines) is 1. The first-order chi connectivity index (χ1) is 15.2. The van der Waals surface area contributed by atoms with Crippen LogP contribution in [0.3, 0.4) is 0 Å². The summed E-state index contributed by atoms with van der Waals surface area (Å²) in [7, 11) is 3.60. The highest BCUT2D eigenvalue weighted by Gasteiger charge is 2.27. The molecule has 0 atom stereocenters. The molecular weight excluding hydrogens is 390 g/mol. The zero-order valence-corrected chi connectivity index (χ0v) is 18.4. The van der Waals surface area contributed by atoms with Crippen molar-refractivity contribution in [3.8, 4) is 5.75 Å². The van der Waals surface area contributed by atoms with E-state index in [0.29, 0.717) is 6.04 Å². The molecule has 0 bridgehead atoms. The van der Waals surface area contributed by atoms with Crippen LogP contribution >= 0.6 is 0 Å². The Hall–Kier alpha value is -2.87. The molecule has 2 aliphatic heterocycles. The van der Waals surface area contributed by atoms with Crippen LogP contribution in [0, 0.1) is 0 Å². The van der Waals surface area contributed by atoms with Crippen molar-refractivity contribution in [1.82, 2.24) is 24.6 Å². The van der Waals surface area contributed by atoms with E-state index in [-0.39, 0.29) is 0 Å². The predicted octanol–water partition coefficient (Wildman–Crippen LogP) is 3.57. The maximum Gasteiger partial charge on any atom is 0.229 e. The van der Waals surface area contributed by atoms with Gasteiger partial charge in [0.05, 0.1) is 18.7 Å². The molecule has 0 radical (unpaired) electrons. The van der Waals surface area contributed by atoms with E-state index in [1.165, 1.54) is 45.2 Å². The van der Waals surface area contributed by atoms with E-state index in [9.17, 15) is 0 Å². The molecule has 0 unspecified atom stereocenters. The van der Waals surface area contributed by atoms with Gasteiger partial charge in [-0.3, -0.25) is 4.68 Å². The smallest absolute Gasteiger partial charge is 0.229 e. The van der Waals surface area contributed by atoms with Gasteiger partial charge in [-0.2, -0.15) is 15.1 Å². The zero-order chi connectivity index (χ0) is 21.2. The van der Waals surface area contributed by atoms with Gasteiger partial charge in [-0.25, -0.2) is 0 Å². The summed E-state index contributed by atoms with van der Waals surface area (Å²) in [6.45, 7) is 4.50. The second-order valence-corrected chi connectivity index (χ2v) is 8.55. The van der Waals surface area contributed by atoms with Gasteiger partial charge in [0.1, 0.15) is 11.6 Å². The van der Waals surface area contributed by atoms with E-state index in [1.54, 1.807) is 7.11 Å². The molecule has 2 saturated heterocycles. The summed E-state index contributed by atoms with van der Waals surface area (Å²) in [5.74, 6) is 2.36. The Kier molecular flexibility index (Phi) is 5.63. The Bertz CT molecular complexity index is 1040. The van der Waals surface area contributed by atoms with Crippen LogP contribution in [0.5, 0.6) is 5.75 Å². The number of rotatable bonds is 5. The summed E-state index contributed by atoms with van der Waals surface area (Å²) in [4.78, 5) is 14.8. The molecule has 0 saturated carbocycles. The van der Waals surface area contributed by atoms with Gasteiger partial charge in [-0.1, -0.05) is 12.5 Å². The monoisotopic (exact) mass is 421 g/mol. The molecule has 1 aromatic carbocycles. The van der Waals surface area contributed by atoms with Crippen LogP contribution in [0.2, 0.25) is 0 Å². The molecule has 2 aromatic heterocycles. The molecule has 0 spiro atoms. The molecule has 2 aliphatic rings. The Morgan fingerprint density at radius 1 is 1.03 bits per heavy atom. The van der Waals surface area contributed by atoms with Crippen molar-refractivity contribution in [2.75, 3.05) is 43.5 Å². The van der Waals surface area contributed by atoms with Crippen LogP contribution < -0.4 is 15.0 Å². The molecule has 5 rings (SSSR count). The van der Waals surface area contributed by atoms with Gasteiger partial charge < -0.3 is 19.9 Å². The highest BCUT2D eigenvalue weighted by atomic mass is 16.5. The van der Waals surface area contributed by atoms with Crippen LogP contribution in [-0.4, -0.2) is 64.0 Å². The summed E-state index contributed by atoms with van der Waals surface area (Å²) in [5.41, 5.74) is 1.77. The van der Waals surface area contributed by atoms with E-state index >= 15 is 0 Å². The number of piperidine rings is 2. The maximum absolute atomic E-state index is 5.36. The number of benzene rings is 1. The lowest BCUT2D eigenvalue weighted by atomic mass is 10.0. The maximum atomic E-state index is 5.36. The average Bonchev–Trinajstić information content (AvgIpc) is 3.21. The van der Waals surface area contributed by atoms with Gasteiger partial charge in [0.15, 0.2) is 5.65 Å². The predicted molar refractivity (Wildman–Crippen MR) is 123 cm³/mol. The first-order valence-electron chi connectivity index (χ1n) is 11.3. The Balaban J connectivity index is 1.38. The largest absolute Gasteiger partial charge is 0.497 e. The van der Waals surface area contributed by atoms with E-state index in [1.807, 2.05) is 42.2 Å². The number of nitrogens with one attached hydrogen (secondary N) is 1. The van der Waals surface area contributed by atoms with Crippen LogP contribution in [0.15, 0.2) is 30.5 Å². The lowest BCUT2D eigenvalue weighted by Gasteiger charge is -2.40. The van der Waals surface area contributed by atoms with Gasteiger partial charge in [0, 0.05) is 37.9 Å². The van der Waals surface area contributed by atoms with E-state index in [0.717, 1.165) is 47.3 Å². The van der Waals surface area contributed by atoms with Crippen molar-refractivity contribution in [3.63, 3.8) is 0 Å². The van der Waals surface area contributed by atoms with Crippen molar-refractivity contribution >= 4 is 28.5 Å². The van der Waals surface area contributed by atoms with Crippen molar-refractivity contribution in [2.24, 2.45) is 7.05 Å². The third-order valence-corrected chi connectivity index (χ3v) is 6.57. The molecule has 2 fully saturated rings. The third kappa shape index (κ3) is 4.17. The second-order valence-electron chi connectivity index (χ2n) is 8.55. The molecule has 0 aliphatic carbocycles. The van der Waals surface area contributed by atoms with E-state index in [2.05, 4.69) is 20.2 Å². The number of hydrogen-bond donors (Lipinski definition) is 1. The number of ether oxygens (including phenoxy) is 1. The van der Waals surface area contributed by atoms with Gasteiger partial charge in [-0.15, -0.1) is 0 Å². The minimum atomic E-state index is 0.700. The first kappa shape index (κ1) is 20.1. The normalized spacial score (nSPS) is 18.5. The molecule has 31 heavy (non-hydrogen) atoms. The second kappa shape index (κ2) is 8.70. The topological polar surface area (TPSA) is 71.3 Å². The summed E-state index contributed by atoms with van der Waals surface area (Å²) < 4.78 is 7.18. The fourth-order valence-electron chi connectivity index (χ4n) is 4.80. The van der Waals surface area contributed by atoms with Gasteiger partial charge in [-0.05, 0) is 50.9 Å². The molecule has 8 nitrogen and oxygen atoms in total.